The second-order valence-corrected chi connectivity index (χ2v) is 6.87. The van der Waals surface area contributed by atoms with Crippen LogP contribution in [0.1, 0.15) is 6.42 Å². The number of hydrogen-bond acceptors (Lipinski definition) is 4. The molecule has 0 radical (unpaired) electrons. The molecule has 138 valence electrons. The van der Waals surface area contributed by atoms with E-state index in [1.54, 1.807) is 0 Å². The minimum atomic E-state index is 0.0424. The van der Waals surface area contributed by atoms with E-state index < -0.39 is 0 Å². The lowest BCUT2D eigenvalue weighted by Crippen LogP contribution is -2.52. The third kappa shape index (κ3) is 5.23. The molecule has 1 aromatic carbocycles. The molecule has 25 heavy (non-hydrogen) atoms. The maximum Gasteiger partial charge on any atom is 0.317 e. The second kappa shape index (κ2) is 9.27. The monoisotopic (exact) mass is 366 g/mol. The molecule has 3 rings (SSSR count). The molecule has 6 nitrogen and oxygen atoms in total. The van der Waals surface area contributed by atoms with Gasteiger partial charge in [-0.25, -0.2) is 4.79 Å². The van der Waals surface area contributed by atoms with Crippen LogP contribution >= 0.6 is 11.6 Å². The summed E-state index contributed by atoms with van der Waals surface area (Å²) in [5.74, 6) is 0. The number of nitrogens with zero attached hydrogens (tertiary/aromatic N) is 3. The molecule has 2 aliphatic rings. The zero-order valence-corrected chi connectivity index (χ0v) is 15.4. The van der Waals surface area contributed by atoms with Crippen LogP contribution in [0.15, 0.2) is 24.3 Å². The largest absolute Gasteiger partial charge is 0.379 e. The van der Waals surface area contributed by atoms with Crippen LogP contribution in [0.4, 0.5) is 10.5 Å². The molecule has 2 heterocycles. The smallest absolute Gasteiger partial charge is 0.317 e. The Balaban J connectivity index is 1.35. The van der Waals surface area contributed by atoms with Gasteiger partial charge in [-0.1, -0.05) is 23.7 Å². The summed E-state index contributed by atoms with van der Waals surface area (Å²) >= 11 is 6.26. The number of ether oxygens (including phenoxy) is 1. The molecule has 0 aromatic heterocycles. The summed E-state index contributed by atoms with van der Waals surface area (Å²) in [5, 5.41) is 3.81. The second-order valence-electron chi connectivity index (χ2n) is 6.47. The zero-order valence-electron chi connectivity index (χ0n) is 14.6. The highest BCUT2D eigenvalue weighted by molar-refractivity contribution is 6.33. The van der Waals surface area contributed by atoms with Gasteiger partial charge in [0.1, 0.15) is 0 Å². The van der Waals surface area contributed by atoms with E-state index in [1.807, 2.05) is 29.2 Å². The molecule has 2 aliphatic heterocycles. The van der Waals surface area contributed by atoms with Crippen LogP contribution in [0, 0.1) is 0 Å². The first-order valence-corrected chi connectivity index (χ1v) is 9.44. The van der Waals surface area contributed by atoms with Crippen LogP contribution in [0.25, 0.3) is 0 Å². The summed E-state index contributed by atoms with van der Waals surface area (Å²) in [6.07, 6.45) is 0.978. The number of morpholine rings is 1. The number of nitrogens with one attached hydrogen (secondary N) is 1. The van der Waals surface area contributed by atoms with Crippen LogP contribution in [-0.4, -0.2) is 81.4 Å². The molecule has 0 spiro atoms. The SMILES string of the molecule is O=C(NCCCN1CCOCC1)N1CCN(c2ccccc2Cl)CC1. The summed E-state index contributed by atoms with van der Waals surface area (Å²) in [5.41, 5.74) is 1.05. The van der Waals surface area contributed by atoms with Crippen LogP contribution in [0.5, 0.6) is 0 Å². The molecule has 0 saturated carbocycles. The highest BCUT2D eigenvalue weighted by atomic mass is 35.5. The van der Waals surface area contributed by atoms with E-state index in [9.17, 15) is 4.79 Å². The van der Waals surface area contributed by atoms with Crippen LogP contribution < -0.4 is 10.2 Å². The van der Waals surface area contributed by atoms with Crippen molar-refractivity contribution in [2.24, 2.45) is 0 Å². The van der Waals surface area contributed by atoms with Gasteiger partial charge in [-0.15, -0.1) is 0 Å². The Bertz CT molecular complexity index is 558. The van der Waals surface area contributed by atoms with Crippen LogP contribution in [0.3, 0.4) is 0 Å². The minimum absolute atomic E-state index is 0.0424. The van der Waals surface area contributed by atoms with Crippen molar-refractivity contribution in [3.63, 3.8) is 0 Å². The summed E-state index contributed by atoms with van der Waals surface area (Å²) in [4.78, 5) is 18.8. The van der Waals surface area contributed by atoms with Gasteiger partial charge in [0.05, 0.1) is 23.9 Å². The van der Waals surface area contributed by atoms with E-state index >= 15 is 0 Å². The first-order chi connectivity index (χ1) is 12.2. The van der Waals surface area contributed by atoms with Crippen molar-refractivity contribution in [3.05, 3.63) is 29.3 Å². The summed E-state index contributed by atoms with van der Waals surface area (Å²) in [6, 6.07) is 7.91. The lowest BCUT2D eigenvalue weighted by atomic mass is 10.2. The van der Waals surface area contributed by atoms with Gasteiger partial charge in [0.15, 0.2) is 0 Å². The Hall–Kier alpha value is -1.50. The predicted octanol–water partition coefficient (Wildman–Crippen LogP) is 1.89. The average molecular weight is 367 g/mol. The highest BCUT2D eigenvalue weighted by Gasteiger charge is 2.22. The fraction of sp³-hybridized carbons (Fsp3) is 0.611. The number of urea groups is 1. The van der Waals surface area contributed by atoms with Gasteiger partial charge < -0.3 is 19.9 Å². The molecular weight excluding hydrogens is 340 g/mol. The van der Waals surface area contributed by atoms with E-state index in [-0.39, 0.29) is 6.03 Å². The maximum absolute atomic E-state index is 12.3. The number of rotatable bonds is 5. The average Bonchev–Trinajstić information content (AvgIpc) is 2.66. The third-order valence-corrected chi connectivity index (χ3v) is 5.11. The zero-order chi connectivity index (χ0) is 17.5. The van der Waals surface area contributed by atoms with Crippen LogP contribution in [-0.2, 0) is 4.74 Å². The number of carbonyl (C=O) groups is 1. The number of amides is 2. The van der Waals surface area contributed by atoms with Crippen LogP contribution in [0.2, 0.25) is 5.02 Å². The Morgan fingerprint density at radius 2 is 1.80 bits per heavy atom. The molecule has 2 fully saturated rings. The van der Waals surface area contributed by atoms with E-state index in [2.05, 4.69) is 15.1 Å². The number of benzene rings is 1. The highest BCUT2D eigenvalue weighted by Crippen LogP contribution is 2.25. The third-order valence-electron chi connectivity index (χ3n) is 4.79. The van der Waals surface area contributed by atoms with Gasteiger partial charge >= 0.3 is 6.03 Å². The van der Waals surface area contributed by atoms with E-state index in [1.165, 1.54) is 0 Å². The van der Waals surface area contributed by atoms with E-state index in [4.69, 9.17) is 16.3 Å². The van der Waals surface area contributed by atoms with Gasteiger partial charge in [-0.3, -0.25) is 4.90 Å². The topological polar surface area (TPSA) is 48.1 Å². The quantitative estimate of drug-likeness (QED) is 0.808. The van der Waals surface area contributed by atoms with Gasteiger partial charge in [-0.2, -0.15) is 0 Å². The molecule has 1 N–H and O–H groups in total. The first-order valence-electron chi connectivity index (χ1n) is 9.06. The standard InChI is InChI=1S/C18H27ClN4O2/c19-16-4-1-2-5-17(16)22-8-10-23(11-9-22)18(24)20-6-3-7-21-12-14-25-15-13-21/h1-2,4-5H,3,6-15H2,(H,20,24). The Kier molecular flexibility index (Phi) is 6.78. The fourth-order valence-corrected chi connectivity index (χ4v) is 3.55. The molecule has 0 aliphatic carbocycles. The van der Waals surface area contributed by atoms with Gasteiger partial charge in [0.25, 0.3) is 0 Å². The van der Waals surface area contributed by atoms with E-state index in [0.29, 0.717) is 0 Å². The number of carbonyl (C=O) groups excluding carboxylic acids is 1. The molecular formula is C18H27ClN4O2. The van der Waals surface area contributed by atoms with Crippen molar-refractivity contribution in [3.8, 4) is 0 Å². The van der Waals surface area contributed by atoms with Gasteiger partial charge in [-0.05, 0) is 25.1 Å². The molecule has 1 aromatic rings. The van der Waals surface area contributed by atoms with E-state index in [0.717, 1.165) is 82.7 Å². The minimum Gasteiger partial charge on any atom is -0.379 e. The maximum atomic E-state index is 12.3. The molecule has 2 saturated heterocycles. The number of hydrogen-bond donors (Lipinski definition) is 1. The fourth-order valence-electron chi connectivity index (χ4n) is 3.29. The predicted molar refractivity (Wildman–Crippen MR) is 101 cm³/mol. The lowest BCUT2D eigenvalue weighted by Gasteiger charge is -2.36. The summed E-state index contributed by atoms with van der Waals surface area (Å²) in [6.45, 7) is 8.45. The van der Waals surface area contributed by atoms with Gasteiger partial charge in [0, 0.05) is 45.8 Å². The molecule has 0 bridgehead atoms. The first kappa shape index (κ1) is 18.3. The lowest BCUT2D eigenvalue weighted by molar-refractivity contribution is 0.0375. The Morgan fingerprint density at radius 3 is 2.52 bits per heavy atom. The van der Waals surface area contributed by atoms with Crippen molar-refractivity contribution < 1.29 is 9.53 Å². The van der Waals surface area contributed by atoms with Gasteiger partial charge in [0.2, 0.25) is 0 Å². The number of anilines is 1. The van der Waals surface area contributed by atoms with Crippen molar-refractivity contribution in [1.82, 2.24) is 15.1 Å². The van der Waals surface area contributed by atoms with Crippen molar-refractivity contribution in [2.45, 2.75) is 6.42 Å². The number of halogens is 1. The Labute approximate surface area is 154 Å². The normalized spacial score (nSPS) is 19.1. The molecule has 0 unspecified atom stereocenters. The Morgan fingerprint density at radius 1 is 1.08 bits per heavy atom. The molecule has 0 atom stereocenters. The van der Waals surface area contributed by atoms with Crippen molar-refractivity contribution >= 4 is 23.3 Å². The molecule has 2 amide bonds. The summed E-state index contributed by atoms with van der Waals surface area (Å²) < 4.78 is 5.34. The molecule has 7 heteroatoms. The number of para-hydroxylation sites is 1. The number of piperazine rings is 1. The van der Waals surface area contributed by atoms with Crippen molar-refractivity contribution in [1.29, 1.82) is 0 Å². The summed E-state index contributed by atoms with van der Waals surface area (Å²) in [7, 11) is 0. The van der Waals surface area contributed by atoms with Crippen molar-refractivity contribution in [2.75, 3.05) is 70.5 Å².